The highest BCUT2D eigenvalue weighted by atomic mass is 32.2. The van der Waals surface area contributed by atoms with Crippen molar-refractivity contribution < 1.29 is 13.2 Å². The summed E-state index contributed by atoms with van der Waals surface area (Å²) in [5.74, 6) is -0.0853. The van der Waals surface area contributed by atoms with Crippen molar-refractivity contribution in [3.05, 3.63) is 29.8 Å². The molecule has 6 heteroatoms. The van der Waals surface area contributed by atoms with E-state index in [0.29, 0.717) is 19.5 Å². The lowest BCUT2D eigenvalue weighted by molar-refractivity contribution is -0.121. The Hall–Kier alpha value is -1.40. The van der Waals surface area contributed by atoms with E-state index in [9.17, 15) is 13.2 Å². The van der Waals surface area contributed by atoms with Gasteiger partial charge in [-0.2, -0.15) is 4.31 Å². The molecule has 0 aromatic heterocycles. The van der Waals surface area contributed by atoms with E-state index in [1.54, 1.807) is 4.90 Å². The summed E-state index contributed by atoms with van der Waals surface area (Å²) in [5.41, 5.74) is 2.09. The van der Waals surface area contributed by atoms with Crippen molar-refractivity contribution in [1.29, 1.82) is 0 Å². The lowest BCUT2D eigenvalue weighted by Crippen LogP contribution is -2.47. The number of carbonyl (C=O) groups excluding carboxylic acids is 1. The molecule has 0 bridgehead atoms. The number of carbonyl (C=O) groups is 1. The van der Waals surface area contributed by atoms with Crippen molar-refractivity contribution in [1.82, 2.24) is 4.31 Å². The topological polar surface area (TPSA) is 57.7 Å². The molecule has 1 amide bonds. The number of hydrogen-bond acceptors (Lipinski definition) is 3. The zero-order chi connectivity index (χ0) is 14.3. The van der Waals surface area contributed by atoms with Crippen LogP contribution in [-0.2, 0) is 21.2 Å². The minimum absolute atomic E-state index is 0.0853. The van der Waals surface area contributed by atoms with Crippen molar-refractivity contribution in [2.45, 2.75) is 25.3 Å². The van der Waals surface area contributed by atoms with Crippen LogP contribution in [-0.4, -0.2) is 44.0 Å². The molecule has 2 aliphatic rings. The van der Waals surface area contributed by atoms with Crippen molar-refractivity contribution in [3.8, 4) is 0 Å². The Morgan fingerprint density at radius 2 is 2.00 bits per heavy atom. The van der Waals surface area contributed by atoms with Gasteiger partial charge in [-0.25, -0.2) is 8.42 Å². The molecule has 0 unspecified atom stereocenters. The number of sulfonamides is 1. The second-order valence-corrected chi connectivity index (χ2v) is 7.34. The van der Waals surface area contributed by atoms with Crippen LogP contribution in [0.4, 0.5) is 5.69 Å². The Kier molecular flexibility index (Phi) is 3.30. The van der Waals surface area contributed by atoms with Crippen molar-refractivity contribution in [2.24, 2.45) is 0 Å². The van der Waals surface area contributed by atoms with E-state index in [0.717, 1.165) is 24.1 Å². The predicted octanol–water partition coefficient (Wildman–Crippen LogP) is 1.000. The van der Waals surface area contributed by atoms with Gasteiger partial charge in [-0.1, -0.05) is 18.2 Å². The van der Waals surface area contributed by atoms with Gasteiger partial charge in [-0.3, -0.25) is 4.79 Å². The largest absolute Gasteiger partial charge is 0.310 e. The number of hydrogen-bond donors (Lipinski definition) is 0. The first-order valence-electron chi connectivity index (χ1n) is 6.84. The van der Waals surface area contributed by atoms with Crippen LogP contribution < -0.4 is 4.90 Å². The molecule has 3 rings (SSSR count). The molecule has 5 nitrogen and oxygen atoms in total. The third-order valence-electron chi connectivity index (χ3n) is 4.07. The molecule has 1 aromatic carbocycles. The standard InChI is InChI=1S/C14H18N2O3S/c1-20(18,19)16-9-4-7-13(16)14(17)15-10-8-11-5-2-3-6-12(11)15/h2-3,5-6,13H,4,7-10H2,1H3/t13-/m0/s1. The maximum Gasteiger partial charge on any atom is 0.245 e. The van der Waals surface area contributed by atoms with Crippen LogP contribution in [0.1, 0.15) is 18.4 Å². The SMILES string of the molecule is CS(=O)(=O)N1CCC[C@H]1C(=O)N1CCc2ccccc21. The first-order valence-corrected chi connectivity index (χ1v) is 8.69. The minimum atomic E-state index is -3.32. The molecule has 2 heterocycles. The first kappa shape index (κ1) is 13.6. The van der Waals surface area contributed by atoms with Crippen LogP contribution in [0.5, 0.6) is 0 Å². The molecule has 108 valence electrons. The lowest BCUT2D eigenvalue weighted by atomic mass is 10.1. The molecule has 1 atom stereocenters. The summed E-state index contributed by atoms with van der Waals surface area (Å²) >= 11 is 0. The zero-order valence-electron chi connectivity index (χ0n) is 11.4. The van der Waals surface area contributed by atoms with E-state index in [2.05, 4.69) is 0 Å². The molecule has 0 spiro atoms. The van der Waals surface area contributed by atoms with Crippen LogP contribution in [0.3, 0.4) is 0 Å². The molecule has 0 saturated carbocycles. The molecule has 0 N–H and O–H groups in total. The van der Waals surface area contributed by atoms with Gasteiger partial charge in [0, 0.05) is 18.8 Å². The molecule has 1 saturated heterocycles. The van der Waals surface area contributed by atoms with Crippen molar-refractivity contribution >= 4 is 21.6 Å². The number of fused-ring (bicyclic) bond motifs is 1. The Morgan fingerprint density at radius 3 is 2.75 bits per heavy atom. The predicted molar refractivity (Wildman–Crippen MR) is 77.1 cm³/mol. The summed E-state index contributed by atoms with van der Waals surface area (Å²) in [6, 6.07) is 7.29. The molecule has 20 heavy (non-hydrogen) atoms. The average molecular weight is 294 g/mol. The van der Waals surface area contributed by atoms with E-state index in [-0.39, 0.29) is 5.91 Å². The van der Waals surface area contributed by atoms with E-state index in [4.69, 9.17) is 0 Å². The molecular weight excluding hydrogens is 276 g/mol. The second kappa shape index (κ2) is 4.86. The van der Waals surface area contributed by atoms with Gasteiger partial charge in [0.25, 0.3) is 0 Å². The highest BCUT2D eigenvalue weighted by molar-refractivity contribution is 7.88. The number of anilines is 1. The van der Waals surface area contributed by atoms with Gasteiger partial charge in [-0.15, -0.1) is 0 Å². The fourth-order valence-corrected chi connectivity index (χ4v) is 4.25. The maximum absolute atomic E-state index is 12.7. The van der Waals surface area contributed by atoms with Gasteiger partial charge in [0.15, 0.2) is 0 Å². The molecular formula is C14H18N2O3S. The number of rotatable bonds is 2. The molecule has 1 fully saturated rings. The second-order valence-electron chi connectivity index (χ2n) is 5.40. The molecule has 2 aliphatic heterocycles. The van der Waals surface area contributed by atoms with Crippen molar-refractivity contribution in [2.75, 3.05) is 24.2 Å². The quantitative estimate of drug-likeness (QED) is 0.817. The lowest BCUT2D eigenvalue weighted by Gasteiger charge is -2.26. The molecule has 1 aromatic rings. The maximum atomic E-state index is 12.7. The van der Waals surface area contributed by atoms with E-state index >= 15 is 0 Å². The first-order chi connectivity index (χ1) is 9.48. The average Bonchev–Trinajstić information content (AvgIpc) is 3.04. The number of amides is 1. The summed E-state index contributed by atoms with van der Waals surface area (Å²) in [7, 11) is -3.32. The number of benzene rings is 1. The van der Waals surface area contributed by atoms with E-state index < -0.39 is 16.1 Å². The fraction of sp³-hybridized carbons (Fsp3) is 0.500. The van der Waals surface area contributed by atoms with Crippen LogP contribution in [0.25, 0.3) is 0 Å². The molecule has 0 radical (unpaired) electrons. The van der Waals surface area contributed by atoms with Gasteiger partial charge in [-0.05, 0) is 30.9 Å². The Bertz CT molecular complexity index is 642. The number of para-hydroxylation sites is 1. The summed E-state index contributed by atoms with van der Waals surface area (Å²) in [5, 5.41) is 0. The van der Waals surface area contributed by atoms with Gasteiger partial charge in [0.05, 0.1) is 6.26 Å². The monoisotopic (exact) mass is 294 g/mol. The minimum Gasteiger partial charge on any atom is -0.310 e. The third kappa shape index (κ3) is 2.23. The number of nitrogens with zero attached hydrogens (tertiary/aromatic N) is 2. The third-order valence-corrected chi connectivity index (χ3v) is 5.36. The summed E-state index contributed by atoms with van der Waals surface area (Å²) in [6.07, 6.45) is 3.38. The summed E-state index contributed by atoms with van der Waals surface area (Å²) < 4.78 is 24.9. The van der Waals surface area contributed by atoms with Crippen LogP contribution in [0.15, 0.2) is 24.3 Å². The highest BCUT2D eigenvalue weighted by Gasteiger charge is 2.40. The van der Waals surface area contributed by atoms with Gasteiger partial charge in [0.1, 0.15) is 6.04 Å². The van der Waals surface area contributed by atoms with Gasteiger partial charge >= 0.3 is 0 Å². The Labute approximate surface area is 119 Å². The van der Waals surface area contributed by atoms with Crippen LogP contribution >= 0.6 is 0 Å². The van der Waals surface area contributed by atoms with Crippen LogP contribution in [0.2, 0.25) is 0 Å². The van der Waals surface area contributed by atoms with Gasteiger partial charge in [0.2, 0.25) is 15.9 Å². The molecule has 0 aliphatic carbocycles. The normalized spacial score (nSPS) is 23.1. The Morgan fingerprint density at radius 1 is 1.25 bits per heavy atom. The zero-order valence-corrected chi connectivity index (χ0v) is 12.3. The van der Waals surface area contributed by atoms with Gasteiger partial charge < -0.3 is 4.90 Å². The van der Waals surface area contributed by atoms with Crippen LogP contribution in [0, 0.1) is 0 Å². The van der Waals surface area contributed by atoms with Crippen molar-refractivity contribution in [3.63, 3.8) is 0 Å². The summed E-state index contributed by atoms with van der Waals surface area (Å²) in [6.45, 7) is 1.09. The highest BCUT2D eigenvalue weighted by Crippen LogP contribution is 2.31. The smallest absolute Gasteiger partial charge is 0.245 e. The van der Waals surface area contributed by atoms with E-state index in [1.165, 1.54) is 10.6 Å². The summed E-state index contributed by atoms with van der Waals surface area (Å²) in [4.78, 5) is 14.4. The Balaban J connectivity index is 1.87. The fourth-order valence-electron chi connectivity index (χ4n) is 3.13. The van der Waals surface area contributed by atoms with E-state index in [1.807, 2.05) is 24.3 Å².